The van der Waals surface area contributed by atoms with Crippen LogP contribution in [0, 0.1) is 23.7 Å². The van der Waals surface area contributed by atoms with Crippen LogP contribution in [0.2, 0.25) is 0 Å². The highest BCUT2D eigenvalue weighted by atomic mass is 16.7. The van der Waals surface area contributed by atoms with E-state index in [0.29, 0.717) is 6.54 Å². The first-order valence-corrected chi connectivity index (χ1v) is 21.8. The van der Waals surface area contributed by atoms with Gasteiger partial charge in [0.05, 0.1) is 59.4 Å². The predicted molar refractivity (Wildman–Crippen MR) is 225 cm³/mol. The molecular weight excluding hydrogens is 775 g/mol. The summed E-state index contributed by atoms with van der Waals surface area (Å²) in [6, 6.07) is 5.56. The molecule has 1 aromatic rings. The van der Waals surface area contributed by atoms with Gasteiger partial charge in [0, 0.05) is 57.2 Å². The van der Waals surface area contributed by atoms with E-state index in [-0.39, 0.29) is 43.2 Å². The molecule has 1 aromatic heterocycles. The predicted octanol–water partition coefficient (Wildman–Crippen LogP) is 3.97. The van der Waals surface area contributed by atoms with Crippen molar-refractivity contribution in [2.45, 2.75) is 186 Å². The molecule has 60 heavy (non-hydrogen) atoms. The smallest absolute Gasteiger partial charge is 0.311 e. The van der Waals surface area contributed by atoms with Crippen LogP contribution in [0.5, 0.6) is 0 Å². The molecule has 3 fully saturated rings. The first kappa shape index (κ1) is 50.5. The van der Waals surface area contributed by atoms with Crippen LogP contribution in [-0.4, -0.2) is 161 Å². The van der Waals surface area contributed by atoms with E-state index in [9.17, 15) is 24.9 Å². The number of aliphatic hydroxyl groups excluding tert-OH is 2. The molecule has 0 aromatic carbocycles. The van der Waals surface area contributed by atoms with Gasteiger partial charge in [-0.1, -0.05) is 33.8 Å². The van der Waals surface area contributed by atoms with Crippen LogP contribution >= 0.6 is 0 Å². The number of nitrogens with zero attached hydrogens (tertiary/aromatic N) is 3. The number of aliphatic hydroxyl groups is 3. The van der Waals surface area contributed by atoms with Crippen molar-refractivity contribution < 1.29 is 58.1 Å². The van der Waals surface area contributed by atoms with E-state index >= 15 is 0 Å². The Kier molecular flexibility index (Phi) is 17.3. The Morgan fingerprint density at radius 2 is 1.53 bits per heavy atom. The summed E-state index contributed by atoms with van der Waals surface area (Å²) in [4.78, 5) is 37.6. The average Bonchev–Trinajstić information content (AvgIpc) is 3.20. The minimum Gasteiger partial charge on any atom is -0.459 e. The summed E-state index contributed by atoms with van der Waals surface area (Å²) in [6.07, 6.45) is -5.16. The number of likely N-dealkylation sites (N-methyl/N-ethyl adjacent to an activating group) is 2. The monoisotopic (exact) mass is 852 g/mol. The van der Waals surface area contributed by atoms with Crippen LogP contribution in [-0.2, 0) is 49.3 Å². The third-order valence-electron chi connectivity index (χ3n) is 13.9. The van der Waals surface area contributed by atoms with Gasteiger partial charge < -0.3 is 53.4 Å². The van der Waals surface area contributed by atoms with E-state index in [1.165, 1.54) is 14.0 Å². The molecule has 3 aliphatic rings. The van der Waals surface area contributed by atoms with Crippen LogP contribution in [0.3, 0.4) is 0 Å². The molecule has 0 aliphatic carbocycles. The Labute approximate surface area is 358 Å². The third kappa shape index (κ3) is 11.0. The van der Waals surface area contributed by atoms with Gasteiger partial charge >= 0.3 is 5.97 Å². The lowest BCUT2D eigenvalue weighted by atomic mass is 9.73. The van der Waals surface area contributed by atoms with Gasteiger partial charge in [-0.2, -0.15) is 0 Å². The zero-order valence-corrected chi connectivity index (χ0v) is 38.9. The molecule has 344 valence electrons. The largest absolute Gasteiger partial charge is 0.459 e. The van der Waals surface area contributed by atoms with Gasteiger partial charge in [0.2, 0.25) is 0 Å². The maximum absolute atomic E-state index is 14.4. The van der Waals surface area contributed by atoms with E-state index in [2.05, 4.69) is 21.8 Å². The van der Waals surface area contributed by atoms with Crippen molar-refractivity contribution in [3.05, 3.63) is 30.1 Å². The molecular formula is C45H77N3O12. The Hall–Kier alpha value is -2.15. The van der Waals surface area contributed by atoms with Crippen LogP contribution in [0.4, 0.5) is 0 Å². The van der Waals surface area contributed by atoms with E-state index in [0.717, 1.165) is 12.1 Å². The number of methoxy groups -OCH3 is 2. The summed E-state index contributed by atoms with van der Waals surface area (Å²) in [6.45, 7) is 18.2. The fourth-order valence-electron chi connectivity index (χ4n) is 9.96. The summed E-state index contributed by atoms with van der Waals surface area (Å²) in [5.74, 6) is -4.30. The second-order valence-corrected chi connectivity index (χ2v) is 18.9. The number of pyridine rings is 1. The minimum absolute atomic E-state index is 0.0313. The number of cyclic esters (lactones) is 1. The molecule has 18 atom stereocenters. The number of hydrogen-bond donors (Lipinski definition) is 3. The Balaban J connectivity index is 1.88. The van der Waals surface area contributed by atoms with Gasteiger partial charge in [-0.3, -0.25) is 19.5 Å². The number of rotatable bonds is 11. The number of Topliss-reactive ketones (excluding diaryl/α,β-unsaturated/α-hetero) is 1. The molecule has 0 unspecified atom stereocenters. The number of carbonyl (C=O) groups is 2. The van der Waals surface area contributed by atoms with Crippen molar-refractivity contribution >= 4 is 11.8 Å². The molecule has 4 heterocycles. The molecule has 4 rings (SSSR count). The standard InChI is InChI=1S/C45H77N3O12/c1-16-33-45(10,53)38(50)27(4)36(49)25(2)22-44(9,55-15)40(28(5)37(29(6)41(52)58-33)59-34-23-43(8,54-14)39(51)30(7)57-34)60-42-35(47(11)12)32(21-26(3)56-42)48(13)24-31-19-17-18-20-46-31/h17-20,25-30,32-35,37-40,42,50-51,53H,16,21-24H2,1-15H3/t25-,26-,27+,28+,29-,30+,32-,33-,34+,35+,37+,38-,39+,40-,42+,43-,44+,45-/m1/s1. The van der Waals surface area contributed by atoms with Crippen LogP contribution in [0.1, 0.15) is 101 Å². The first-order chi connectivity index (χ1) is 28.0. The Morgan fingerprint density at radius 1 is 0.883 bits per heavy atom. The Morgan fingerprint density at radius 3 is 2.10 bits per heavy atom. The highest BCUT2D eigenvalue weighted by Crippen LogP contribution is 2.42. The van der Waals surface area contributed by atoms with Crippen LogP contribution in [0.25, 0.3) is 0 Å². The van der Waals surface area contributed by atoms with Gasteiger partial charge in [0.25, 0.3) is 0 Å². The van der Waals surface area contributed by atoms with Gasteiger partial charge in [-0.25, -0.2) is 0 Å². The van der Waals surface area contributed by atoms with Gasteiger partial charge in [-0.05, 0) is 94.1 Å². The fourth-order valence-corrected chi connectivity index (χ4v) is 9.96. The summed E-state index contributed by atoms with van der Waals surface area (Å²) in [5.41, 5.74) is -3.26. The molecule has 15 heteroatoms. The van der Waals surface area contributed by atoms with E-state index in [4.69, 9.17) is 33.2 Å². The van der Waals surface area contributed by atoms with Crippen LogP contribution < -0.4 is 0 Å². The maximum atomic E-state index is 14.4. The molecule has 3 aliphatic heterocycles. The number of aromatic nitrogens is 1. The second kappa shape index (κ2) is 20.6. The zero-order valence-electron chi connectivity index (χ0n) is 38.9. The number of ketones is 1. The van der Waals surface area contributed by atoms with Crippen molar-refractivity contribution in [2.24, 2.45) is 23.7 Å². The SMILES string of the molecule is CC[C@H]1OC(=O)[C@H](C)[C@@H](O[C@H]2C[C@@](C)(OC)[C@@H](O)[C@H](C)O2)[C@H](C)[C@@H](O[C@@H]2O[C@H](C)C[C@@H](N(C)Cc3ccccn3)[C@@H]2N(C)C)[C@@](C)(OC)C[C@@H](C)C(=O)[C@H](C)[C@@H](O)[C@]1(C)O. The molecule has 3 N–H and O–H groups in total. The molecule has 0 radical (unpaired) electrons. The van der Waals surface area contributed by atoms with Gasteiger partial charge in [0.15, 0.2) is 12.6 Å². The zero-order chi connectivity index (χ0) is 45.1. The average molecular weight is 852 g/mol. The minimum atomic E-state index is -1.96. The molecule has 15 nitrogen and oxygen atoms in total. The number of hydrogen-bond acceptors (Lipinski definition) is 15. The summed E-state index contributed by atoms with van der Waals surface area (Å²) >= 11 is 0. The molecule has 0 bridgehead atoms. The quantitative estimate of drug-likeness (QED) is 0.272. The van der Waals surface area contributed by atoms with Gasteiger partial charge in [0.1, 0.15) is 23.6 Å². The first-order valence-electron chi connectivity index (χ1n) is 21.8. The van der Waals surface area contributed by atoms with E-state index in [1.807, 2.05) is 53.1 Å². The molecule has 0 saturated carbocycles. The van der Waals surface area contributed by atoms with Crippen molar-refractivity contribution in [3.8, 4) is 0 Å². The van der Waals surface area contributed by atoms with E-state index in [1.54, 1.807) is 54.8 Å². The van der Waals surface area contributed by atoms with Crippen molar-refractivity contribution in [2.75, 3.05) is 35.4 Å². The van der Waals surface area contributed by atoms with Crippen molar-refractivity contribution in [1.82, 2.24) is 14.8 Å². The topological polar surface area (TPSA) is 179 Å². The number of carbonyl (C=O) groups excluding carboxylic acids is 2. The molecule has 0 spiro atoms. The molecule has 0 amide bonds. The summed E-state index contributed by atoms with van der Waals surface area (Å²) < 4.78 is 45.5. The summed E-state index contributed by atoms with van der Waals surface area (Å²) in [5, 5.41) is 34.4. The highest BCUT2D eigenvalue weighted by Gasteiger charge is 2.54. The van der Waals surface area contributed by atoms with Crippen molar-refractivity contribution in [3.63, 3.8) is 0 Å². The fraction of sp³-hybridized carbons (Fsp3) is 0.844. The normalized spacial score (nSPS) is 44.1. The summed E-state index contributed by atoms with van der Waals surface area (Å²) in [7, 11) is 9.16. The van der Waals surface area contributed by atoms with E-state index < -0.39 is 95.6 Å². The number of esters is 1. The third-order valence-corrected chi connectivity index (χ3v) is 13.9. The Bertz CT molecular complexity index is 1540. The van der Waals surface area contributed by atoms with Gasteiger partial charge in [-0.15, -0.1) is 0 Å². The lowest BCUT2D eigenvalue weighted by Crippen LogP contribution is -2.64. The highest BCUT2D eigenvalue weighted by molar-refractivity contribution is 5.83. The lowest BCUT2D eigenvalue weighted by molar-refractivity contribution is -0.314. The van der Waals surface area contributed by atoms with Crippen molar-refractivity contribution in [1.29, 1.82) is 0 Å². The van der Waals surface area contributed by atoms with Crippen LogP contribution in [0.15, 0.2) is 24.4 Å². The lowest BCUT2D eigenvalue weighted by Gasteiger charge is -2.51. The second-order valence-electron chi connectivity index (χ2n) is 18.9. The maximum Gasteiger partial charge on any atom is 0.311 e. The number of ether oxygens (including phenoxy) is 7. The molecule has 3 saturated heterocycles.